The van der Waals surface area contributed by atoms with Crippen LogP contribution in [0.5, 0.6) is 0 Å². The van der Waals surface area contributed by atoms with E-state index in [0.29, 0.717) is 11.5 Å². The molecule has 0 aliphatic rings. The number of halogens is 1. The first-order valence-electron chi connectivity index (χ1n) is 6.69. The number of hydrogen-bond donors (Lipinski definition) is 1. The van der Waals surface area contributed by atoms with Gasteiger partial charge >= 0.3 is 0 Å². The number of nitrogens with two attached hydrogens (primary N) is 1. The van der Waals surface area contributed by atoms with Gasteiger partial charge in [0, 0.05) is 11.6 Å². The third kappa shape index (κ3) is 5.15. The minimum absolute atomic E-state index is 0.199. The van der Waals surface area contributed by atoms with E-state index >= 15 is 0 Å². The van der Waals surface area contributed by atoms with Gasteiger partial charge in [-0.15, -0.1) is 0 Å². The predicted molar refractivity (Wildman–Crippen MR) is 74.9 cm³/mol. The molecule has 1 unspecified atom stereocenters. The van der Waals surface area contributed by atoms with Crippen LogP contribution < -0.4 is 5.73 Å². The Labute approximate surface area is 110 Å². The molecule has 0 bridgehead atoms. The maximum atomic E-state index is 13.5. The molecule has 1 aromatic carbocycles. The fourth-order valence-electron chi connectivity index (χ4n) is 1.88. The van der Waals surface area contributed by atoms with Gasteiger partial charge in [0.1, 0.15) is 5.82 Å². The fourth-order valence-corrected chi connectivity index (χ4v) is 1.88. The number of benzene rings is 1. The third-order valence-electron chi connectivity index (χ3n) is 3.21. The zero-order valence-electron chi connectivity index (χ0n) is 11.7. The Kier molecular flexibility index (Phi) is 6.30. The predicted octanol–water partition coefficient (Wildman–Crippen LogP) is 3.19. The summed E-state index contributed by atoms with van der Waals surface area (Å²) in [4.78, 5) is 2.26. The van der Waals surface area contributed by atoms with E-state index < -0.39 is 0 Å². The monoisotopic (exact) mass is 252 g/mol. The maximum absolute atomic E-state index is 13.5. The summed E-state index contributed by atoms with van der Waals surface area (Å²) in [6.45, 7) is 6.42. The second-order valence-corrected chi connectivity index (χ2v) is 5.40. The molecule has 0 aliphatic heterocycles. The Morgan fingerprint density at radius 3 is 2.39 bits per heavy atom. The minimum Gasteiger partial charge on any atom is -0.324 e. The van der Waals surface area contributed by atoms with Crippen molar-refractivity contribution in [2.45, 2.75) is 32.7 Å². The van der Waals surface area contributed by atoms with Crippen molar-refractivity contribution in [2.75, 3.05) is 20.1 Å². The zero-order chi connectivity index (χ0) is 13.5. The van der Waals surface area contributed by atoms with Crippen LogP contribution in [0, 0.1) is 11.7 Å². The molecular weight excluding hydrogens is 227 g/mol. The van der Waals surface area contributed by atoms with Crippen LogP contribution in [-0.2, 0) is 0 Å². The molecule has 0 amide bonds. The summed E-state index contributed by atoms with van der Waals surface area (Å²) < 4.78 is 13.5. The van der Waals surface area contributed by atoms with E-state index in [4.69, 9.17) is 5.73 Å². The van der Waals surface area contributed by atoms with Gasteiger partial charge in [-0.2, -0.15) is 0 Å². The molecule has 0 aliphatic carbocycles. The van der Waals surface area contributed by atoms with Crippen molar-refractivity contribution >= 4 is 0 Å². The lowest BCUT2D eigenvalue weighted by atomic mass is 10.0. The normalized spacial score (nSPS) is 13.3. The molecule has 0 aromatic heterocycles. The van der Waals surface area contributed by atoms with Crippen LogP contribution in [0.25, 0.3) is 0 Å². The van der Waals surface area contributed by atoms with Crippen molar-refractivity contribution in [2.24, 2.45) is 11.7 Å². The second kappa shape index (κ2) is 7.49. The molecule has 18 heavy (non-hydrogen) atoms. The highest BCUT2D eigenvalue weighted by molar-refractivity contribution is 5.20. The van der Waals surface area contributed by atoms with E-state index in [9.17, 15) is 4.39 Å². The van der Waals surface area contributed by atoms with Gasteiger partial charge in [-0.05, 0) is 45.0 Å². The molecule has 0 saturated heterocycles. The topological polar surface area (TPSA) is 29.3 Å². The van der Waals surface area contributed by atoms with Gasteiger partial charge in [-0.25, -0.2) is 4.39 Å². The molecular formula is C15H25FN2. The number of hydrogen-bond acceptors (Lipinski definition) is 2. The van der Waals surface area contributed by atoms with Gasteiger partial charge in [0.05, 0.1) is 0 Å². The molecule has 102 valence electrons. The van der Waals surface area contributed by atoms with Crippen molar-refractivity contribution in [3.8, 4) is 0 Å². The van der Waals surface area contributed by atoms with Crippen molar-refractivity contribution in [1.29, 1.82) is 0 Å². The average Bonchev–Trinajstić information content (AvgIpc) is 2.34. The highest BCUT2D eigenvalue weighted by Crippen LogP contribution is 2.17. The van der Waals surface area contributed by atoms with Crippen LogP contribution in [0.15, 0.2) is 24.3 Å². The Balaban J connectivity index is 2.37. The molecule has 0 saturated carbocycles. The maximum Gasteiger partial charge on any atom is 0.127 e. The van der Waals surface area contributed by atoms with Gasteiger partial charge in [0.2, 0.25) is 0 Å². The first kappa shape index (κ1) is 15.1. The molecule has 2 N–H and O–H groups in total. The Bertz CT molecular complexity index is 352. The van der Waals surface area contributed by atoms with Gasteiger partial charge in [-0.1, -0.05) is 32.0 Å². The third-order valence-corrected chi connectivity index (χ3v) is 3.21. The van der Waals surface area contributed by atoms with Crippen LogP contribution in [0.4, 0.5) is 4.39 Å². The van der Waals surface area contributed by atoms with Crippen molar-refractivity contribution in [3.63, 3.8) is 0 Å². The van der Waals surface area contributed by atoms with E-state index in [2.05, 4.69) is 25.8 Å². The fraction of sp³-hybridized carbons (Fsp3) is 0.600. The number of rotatable bonds is 7. The molecule has 3 heteroatoms. The zero-order valence-corrected chi connectivity index (χ0v) is 11.7. The largest absolute Gasteiger partial charge is 0.324 e. The van der Waals surface area contributed by atoms with Gasteiger partial charge in [0.15, 0.2) is 0 Å². The summed E-state index contributed by atoms with van der Waals surface area (Å²) in [6.07, 6.45) is 1.97. The lowest BCUT2D eigenvalue weighted by Crippen LogP contribution is -2.25. The van der Waals surface area contributed by atoms with E-state index in [-0.39, 0.29) is 11.9 Å². The van der Waals surface area contributed by atoms with Crippen LogP contribution in [-0.4, -0.2) is 25.0 Å². The molecule has 0 fully saturated rings. The molecule has 0 heterocycles. The molecule has 2 nitrogen and oxygen atoms in total. The van der Waals surface area contributed by atoms with Crippen LogP contribution >= 0.6 is 0 Å². The average molecular weight is 252 g/mol. The van der Waals surface area contributed by atoms with Crippen molar-refractivity contribution < 1.29 is 4.39 Å². The molecule has 1 rings (SSSR count). The summed E-state index contributed by atoms with van der Waals surface area (Å²) in [6, 6.07) is 6.56. The SMILES string of the molecule is CC(C)CCN(C)CCC(N)c1ccccc1F. The summed E-state index contributed by atoms with van der Waals surface area (Å²) in [5.74, 6) is 0.516. The van der Waals surface area contributed by atoms with E-state index in [1.807, 2.05) is 6.07 Å². The first-order valence-corrected chi connectivity index (χ1v) is 6.69. The highest BCUT2D eigenvalue weighted by Gasteiger charge is 2.11. The van der Waals surface area contributed by atoms with E-state index in [1.54, 1.807) is 12.1 Å². The lowest BCUT2D eigenvalue weighted by Gasteiger charge is -2.20. The summed E-state index contributed by atoms with van der Waals surface area (Å²) in [7, 11) is 2.09. The van der Waals surface area contributed by atoms with Gasteiger partial charge in [0.25, 0.3) is 0 Å². The second-order valence-electron chi connectivity index (χ2n) is 5.40. The first-order chi connectivity index (χ1) is 8.50. The van der Waals surface area contributed by atoms with Gasteiger partial charge in [-0.3, -0.25) is 0 Å². The number of nitrogens with zero attached hydrogens (tertiary/aromatic N) is 1. The standard InChI is InChI=1S/C15H25FN2/c1-12(2)8-10-18(3)11-9-15(17)13-6-4-5-7-14(13)16/h4-7,12,15H,8-11,17H2,1-3H3. The molecule has 1 aromatic rings. The van der Waals surface area contributed by atoms with Crippen LogP contribution in [0.1, 0.15) is 38.3 Å². The molecule has 0 radical (unpaired) electrons. The minimum atomic E-state index is -0.215. The Hall–Kier alpha value is -0.930. The molecule has 0 spiro atoms. The van der Waals surface area contributed by atoms with Crippen molar-refractivity contribution in [1.82, 2.24) is 4.90 Å². The molecule has 1 atom stereocenters. The van der Waals surface area contributed by atoms with E-state index in [0.717, 1.165) is 19.5 Å². The summed E-state index contributed by atoms with van der Waals surface area (Å²) in [5, 5.41) is 0. The quantitative estimate of drug-likeness (QED) is 0.807. The van der Waals surface area contributed by atoms with Gasteiger partial charge < -0.3 is 10.6 Å². The summed E-state index contributed by atoms with van der Waals surface area (Å²) in [5.41, 5.74) is 6.65. The Morgan fingerprint density at radius 2 is 1.78 bits per heavy atom. The van der Waals surface area contributed by atoms with Crippen LogP contribution in [0.2, 0.25) is 0 Å². The highest BCUT2D eigenvalue weighted by atomic mass is 19.1. The Morgan fingerprint density at radius 1 is 1.17 bits per heavy atom. The smallest absolute Gasteiger partial charge is 0.127 e. The van der Waals surface area contributed by atoms with Crippen LogP contribution in [0.3, 0.4) is 0 Å². The summed E-state index contributed by atoms with van der Waals surface area (Å²) >= 11 is 0. The lowest BCUT2D eigenvalue weighted by molar-refractivity contribution is 0.297. The van der Waals surface area contributed by atoms with Crippen molar-refractivity contribution in [3.05, 3.63) is 35.6 Å². The van der Waals surface area contributed by atoms with E-state index in [1.165, 1.54) is 12.5 Å².